The first kappa shape index (κ1) is 24.5. The van der Waals surface area contributed by atoms with Gasteiger partial charge in [-0.05, 0) is 55.2 Å². The molecule has 1 saturated heterocycles. The molecule has 2 atom stereocenters. The number of pyridine rings is 1. The Morgan fingerprint density at radius 1 is 1.30 bits per heavy atom. The van der Waals surface area contributed by atoms with E-state index < -0.39 is 0 Å². The van der Waals surface area contributed by atoms with Crippen LogP contribution in [-0.2, 0) is 11.2 Å². The SMILES string of the molecule is C=CC(=O)N1CCCC1C1=C2C=NC=C[N+]2(N)C(c2ccccc2C(=O)Nc2cc(CCC)ccn2)=N1. The number of amides is 2. The average molecular weight is 497 g/mol. The molecule has 0 radical (unpaired) electrons. The minimum atomic E-state index is -0.306. The van der Waals surface area contributed by atoms with Crippen molar-refractivity contribution in [1.82, 2.24) is 9.88 Å². The highest BCUT2D eigenvalue weighted by molar-refractivity contribution is 6.13. The second-order valence-electron chi connectivity index (χ2n) is 9.25. The third kappa shape index (κ3) is 4.43. The van der Waals surface area contributed by atoms with Gasteiger partial charge in [0.25, 0.3) is 11.7 Å². The number of aryl methyl sites for hydroxylation is 1. The number of allylic oxidation sites excluding steroid dienone is 1. The van der Waals surface area contributed by atoms with Gasteiger partial charge in [0.2, 0.25) is 11.6 Å². The Hall–Kier alpha value is -4.21. The molecule has 0 bridgehead atoms. The van der Waals surface area contributed by atoms with Crippen molar-refractivity contribution in [3.63, 3.8) is 0 Å². The number of nitrogens with two attached hydrogens (primary N) is 1. The van der Waals surface area contributed by atoms with E-state index in [2.05, 4.69) is 28.8 Å². The van der Waals surface area contributed by atoms with E-state index in [1.807, 2.05) is 24.3 Å². The van der Waals surface area contributed by atoms with Gasteiger partial charge in [0.05, 0.1) is 29.6 Å². The average Bonchev–Trinajstić information content (AvgIpc) is 3.51. The number of anilines is 1. The van der Waals surface area contributed by atoms with Crippen LogP contribution < -0.4 is 11.2 Å². The standard InChI is InChI=1S/C28H29N7O2/c1-3-8-19-12-13-31-24(17-19)32-28(37)21-10-6-5-9-20(21)27-33-26(23-18-30-14-16-35(23,27)29)22-11-7-15-34(22)25(36)4-2/h4-6,9-10,12-14,16-18,22H,2-3,7-8,11,15,29H2,1H3/p+1. The topological polar surface area (TPSA) is 113 Å². The smallest absolute Gasteiger partial charge is 0.265 e. The summed E-state index contributed by atoms with van der Waals surface area (Å²) in [6.45, 7) is 6.38. The summed E-state index contributed by atoms with van der Waals surface area (Å²) in [6, 6.07) is 10.8. The van der Waals surface area contributed by atoms with Crippen molar-refractivity contribution in [1.29, 1.82) is 0 Å². The Labute approximate surface area is 216 Å². The Morgan fingerprint density at radius 2 is 2.14 bits per heavy atom. The van der Waals surface area contributed by atoms with Crippen molar-refractivity contribution < 1.29 is 14.2 Å². The zero-order valence-electron chi connectivity index (χ0n) is 20.8. The van der Waals surface area contributed by atoms with Crippen LogP contribution in [0.15, 0.2) is 89.0 Å². The maximum absolute atomic E-state index is 13.5. The quantitative estimate of drug-likeness (QED) is 0.346. The van der Waals surface area contributed by atoms with Crippen LogP contribution in [-0.4, -0.2) is 50.9 Å². The summed E-state index contributed by atoms with van der Waals surface area (Å²) in [6.07, 6.45) is 11.6. The van der Waals surface area contributed by atoms with Crippen LogP contribution in [0, 0.1) is 0 Å². The van der Waals surface area contributed by atoms with Crippen LogP contribution in [0.25, 0.3) is 0 Å². The number of aliphatic imine (C=N–C) groups is 2. The highest BCUT2D eigenvalue weighted by Crippen LogP contribution is 2.37. The molecule has 188 valence electrons. The number of carbonyl (C=O) groups is 2. The zero-order chi connectivity index (χ0) is 26.0. The number of quaternary nitrogens is 1. The molecule has 2 amide bonds. The molecule has 0 spiro atoms. The summed E-state index contributed by atoms with van der Waals surface area (Å²) in [5.74, 6) is 7.46. The Kier molecular flexibility index (Phi) is 6.64. The molecule has 2 aromatic rings. The molecule has 5 rings (SSSR count). The first-order chi connectivity index (χ1) is 18.0. The van der Waals surface area contributed by atoms with E-state index in [-0.39, 0.29) is 22.4 Å². The number of rotatable bonds is 7. The van der Waals surface area contributed by atoms with Crippen molar-refractivity contribution in [3.8, 4) is 0 Å². The lowest BCUT2D eigenvalue weighted by atomic mass is 10.0. The molecule has 37 heavy (non-hydrogen) atoms. The fourth-order valence-electron chi connectivity index (χ4n) is 5.11. The number of hydrogen-bond acceptors (Lipinski definition) is 6. The fourth-order valence-corrected chi connectivity index (χ4v) is 5.11. The normalized spacial score (nSPS) is 22.2. The van der Waals surface area contributed by atoms with E-state index in [0.29, 0.717) is 40.7 Å². The van der Waals surface area contributed by atoms with Gasteiger partial charge in [0.1, 0.15) is 17.7 Å². The molecule has 4 heterocycles. The first-order valence-corrected chi connectivity index (χ1v) is 12.5. The second-order valence-corrected chi connectivity index (χ2v) is 9.25. The van der Waals surface area contributed by atoms with Gasteiger partial charge in [0, 0.05) is 12.7 Å². The Morgan fingerprint density at radius 3 is 2.95 bits per heavy atom. The van der Waals surface area contributed by atoms with Gasteiger partial charge in [0.15, 0.2) is 0 Å². The predicted octanol–water partition coefficient (Wildman–Crippen LogP) is 3.68. The van der Waals surface area contributed by atoms with Gasteiger partial charge in [-0.2, -0.15) is 10.8 Å². The summed E-state index contributed by atoms with van der Waals surface area (Å²) in [5, 5.41) is 2.93. The van der Waals surface area contributed by atoms with Gasteiger partial charge in [-0.25, -0.2) is 4.98 Å². The highest BCUT2D eigenvalue weighted by atomic mass is 16.2. The number of likely N-dealkylation sites (tertiary alicyclic amines) is 1. The van der Waals surface area contributed by atoms with Gasteiger partial charge in [-0.1, -0.05) is 32.1 Å². The predicted molar refractivity (Wildman–Crippen MR) is 143 cm³/mol. The van der Waals surface area contributed by atoms with Gasteiger partial charge in [-0.3, -0.25) is 14.6 Å². The van der Waals surface area contributed by atoms with Crippen molar-refractivity contribution in [2.75, 3.05) is 11.9 Å². The van der Waals surface area contributed by atoms with Crippen LogP contribution in [0.5, 0.6) is 0 Å². The van der Waals surface area contributed by atoms with Gasteiger partial charge in [-0.15, -0.1) is 4.59 Å². The van der Waals surface area contributed by atoms with Crippen LogP contribution in [0.1, 0.15) is 47.7 Å². The number of fused-ring (bicyclic) bond motifs is 1. The summed E-state index contributed by atoms with van der Waals surface area (Å²) in [4.78, 5) is 41.4. The summed E-state index contributed by atoms with van der Waals surface area (Å²) >= 11 is 0. The molecule has 3 N–H and O–H groups in total. The summed E-state index contributed by atoms with van der Waals surface area (Å²) in [5.41, 5.74) is 3.49. The molecule has 1 aromatic heterocycles. The zero-order valence-corrected chi connectivity index (χ0v) is 20.8. The Bertz CT molecular complexity index is 1390. The van der Waals surface area contributed by atoms with E-state index in [1.54, 1.807) is 41.8 Å². The first-order valence-electron chi connectivity index (χ1n) is 12.5. The van der Waals surface area contributed by atoms with Gasteiger partial charge < -0.3 is 10.2 Å². The van der Waals surface area contributed by atoms with Crippen molar-refractivity contribution in [2.24, 2.45) is 15.8 Å². The molecule has 1 fully saturated rings. The maximum atomic E-state index is 13.5. The van der Waals surface area contributed by atoms with Crippen molar-refractivity contribution in [3.05, 3.63) is 95.7 Å². The number of amidine groups is 1. The van der Waals surface area contributed by atoms with Crippen LogP contribution >= 0.6 is 0 Å². The minimum absolute atomic E-state index is 0.143. The van der Waals surface area contributed by atoms with Crippen molar-refractivity contribution in [2.45, 2.75) is 38.6 Å². The molecular weight excluding hydrogens is 466 g/mol. The minimum Gasteiger partial charge on any atom is -0.330 e. The van der Waals surface area contributed by atoms with Crippen LogP contribution in [0.3, 0.4) is 0 Å². The van der Waals surface area contributed by atoms with E-state index >= 15 is 0 Å². The number of nitrogens with zero attached hydrogens (tertiary/aromatic N) is 5. The third-order valence-corrected chi connectivity index (χ3v) is 6.87. The van der Waals surface area contributed by atoms with Gasteiger partial charge >= 0.3 is 0 Å². The summed E-state index contributed by atoms with van der Waals surface area (Å²) in [7, 11) is 0. The molecule has 3 aliphatic heterocycles. The van der Waals surface area contributed by atoms with E-state index in [4.69, 9.17) is 10.8 Å². The monoisotopic (exact) mass is 496 g/mol. The third-order valence-electron chi connectivity index (χ3n) is 6.87. The molecular formula is C28H30N7O2+. The van der Waals surface area contributed by atoms with E-state index in [0.717, 1.165) is 31.2 Å². The van der Waals surface area contributed by atoms with Crippen LogP contribution in [0.2, 0.25) is 0 Å². The van der Waals surface area contributed by atoms with Crippen LogP contribution in [0.4, 0.5) is 5.82 Å². The number of hydrogen-bond donors (Lipinski definition) is 2. The summed E-state index contributed by atoms with van der Waals surface area (Å²) < 4.78 is -0.236. The molecule has 3 aliphatic rings. The van der Waals surface area contributed by atoms with E-state index in [1.165, 1.54) is 6.08 Å². The van der Waals surface area contributed by atoms with Crippen molar-refractivity contribution >= 4 is 29.7 Å². The molecule has 9 nitrogen and oxygen atoms in total. The molecule has 0 saturated carbocycles. The number of aromatic nitrogens is 1. The lowest BCUT2D eigenvalue weighted by molar-refractivity contribution is -0.750. The highest BCUT2D eigenvalue weighted by Gasteiger charge is 2.48. The molecule has 9 heteroatoms. The Balaban J connectivity index is 1.53. The second kappa shape index (κ2) is 10.0. The number of benzene rings is 1. The lowest BCUT2D eigenvalue weighted by Crippen LogP contribution is -2.53. The molecule has 0 aliphatic carbocycles. The molecule has 2 unspecified atom stereocenters. The maximum Gasteiger partial charge on any atom is 0.265 e. The lowest BCUT2D eigenvalue weighted by Gasteiger charge is -2.28. The number of carbonyl (C=O) groups excluding carboxylic acids is 2. The van der Waals surface area contributed by atoms with E-state index in [9.17, 15) is 9.59 Å². The fraction of sp³-hybridized carbons (Fsp3) is 0.250. The number of nitrogens with one attached hydrogen (secondary N) is 1. The molecule has 1 aromatic carbocycles. The largest absolute Gasteiger partial charge is 0.330 e.